The lowest BCUT2D eigenvalue weighted by atomic mass is 9.80. The highest BCUT2D eigenvalue weighted by Gasteiger charge is 2.21. The van der Waals surface area contributed by atoms with E-state index in [1.165, 1.54) is 61.7 Å². The minimum atomic E-state index is 0. The first-order valence-corrected chi connectivity index (χ1v) is 15.7. The third-order valence-electron chi connectivity index (χ3n) is 8.18. The SMILES string of the molecule is CCC/C(C)=C(/C=NC)CNCC1CCC(CCCc2nc(N(C)C)c3ccccc3n2)CC1.Cc1ccccc1.[HH]. The maximum atomic E-state index is 4.87. The van der Waals surface area contributed by atoms with E-state index in [1.54, 1.807) is 0 Å². The third-order valence-corrected chi connectivity index (χ3v) is 8.18. The topological polar surface area (TPSA) is 53.4 Å². The zero-order valence-electron chi connectivity index (χ0n) is 26.5. The fourth-order valence-electron chi connectivity index (χ4n) is 5.78. The van der Waals surface area contributed by atoms with Gasteiger partial charge in [0.2, 0.25) is 0 Å². The number of benzene rings is 2. The molecule has 5 heteroatoms. The van der Waals surface area contributed by atoms with Crippen molar-refractivity contribution in [2.45, 2.75) is 78.6 Å². The summed E-state index contributed by atoms with van der Waals surface area (Å²) in [5.41, 5.74) is 5.21. The number of aliphatic imine (C=N–C) groups is 1. The molecule has 0 bridgehead atoms. The van der Waals surface area contributed by atoms with E-state index in [4.69, 9.17) is 9.97 Å². The van der Waals surface area contributed by atoms with Gasteiger partial charge in [-0.3, -0.25) is 4.99 Å². The van der Waals surface area contributed by atoms with Crippen molar-refractivity contribution in [2.24, 2.45) is 16.8 Å². The van der Waals surface area contributed by atoms with Gasteiger partial charge in [0.25, 0.3) is 0 Å². The molecule has 1 N–H and O–H groups in total. The van der Waals surface area contributed by atoms with E-state index in [9.17, 15) is 0 Å². The van der Waals surface area contributed by atoms with E-state index < -0.39 is 0 Å². The van der Waals surface area contributed by atoms with Crippen molar-refractivity contribution >= 4 is 22.9 Å². The number of rotatable bonds is 12. The second-order valence-electron chi connectivity index (χ2n) is 11.9. The molecule has 0 spiro atoms. The van der Waals surface area contributed by atoms with Crippen LogP contribution in [0.25, 0.3) is 10.9 Å². The molecule has 0 atom stereocenters. The van der Waals surface area contributed by atoms with Crippen LogP contribution < -0.4 is 10.2 Å². The first-order valence-electron chi connectivity index (χ1n) is 15.7. The number of aryl methyl sites for hydroxylation is 2. The minimum Gasteiger partial charge on any atom is -0.362 e. The van der Waals surface area contributed by atoms with Crippen LogP contribution in [-0.4, -0.2) is 50.4 Å². The lowest BCUT2D eigenvalue weighted by Gasteiger charge is -2.29. The van der Waals surface area contributed by atoms with Crippen LogP contribution in [0.4, 0.5) is 5.82 Å². The molecule has 1 saturated carbocycles. The molecule has 1 aromatic heterocycles. The monoisotopic (exact) mass is 557 g/mol. The number of hydrogen-bond acceptors (Lipinski definition) is 5. The van der Waals surface area contributed by atoms with Crippen LogP contribution in [0.15, 0.2) is 70.7 Å². The van der Waals surface area contributed by atoms with E-state index in [1.807, 2.05) is 31.5 Å². The molecule has 4 rings (SSSR count). The van der Waals surface area contributed by atoms with Gasteiger partial charge in [-0.1, -0.05) is 86.2 Å². The Morgan fingerprint density at radius 1 is 1.00 bits per heavy atom. The molecular weight excluding hydrogens is 502 g/mol. The smallest absolute Gasteiger partial charge is 0.139 e. The molecule has 1 fully saturated rings. The highest BCUT2D eigenvalue weighted by Crippen LogP contribution is 2.32. The Morgan fingerprint density at radius 2 is 1.68 bits per heavy atom. The summed E-state index contributed by atoms with van der Waals surface area (Å²) in [4.78, 5) is 16.1. The molecule has 0 unspecified atom stereocenters. The number of nitrogens with one attached hydrogen (secondary N) is 1. The average Bonchev–Trinajstić information content (AvgIpc) is 2.98. The molecule has 0 aliphatic heterocycles. The summed E-state index contributed by atoms with van der Waals surface area (Å²) in [6, 6.07) is 18.6. The molecule has 41 heavy (non-hydrogen) atoms. The second-order valence-corrected chi connectivity index (χ2v) is 11.9. The molecule has 0 radical (unpaired) electrons. The number of hydrogen-bond donors (Lipinski definition) is 1. The fourth-order valence-corrected chi connectivity index (χ4v) is 5.78. The summed E-state index contributed by atoms with van der Waals surface area (Å²) < 4.78 is 0. The summed E-state index contributed by atoms with van der Waals surface area (Å²) in [5.74, 6) is 3.69. The van der Waals surface area contributed by atoms with Gasteiger partial charge in [-0.05, 0) is 75.6 Å². The van der Waals surface area contributed by atoms with Crippen LogP contribution in [0.1, 0.15) is 78.0 Å². The van der Waals surface area contributed by atoms with Gasteiger partial charge in [-0.25, -0.2) is 9.97 Å². The summed E-state index contributed by atoms with van der Waals surface area (Å²) in [6.07, 6.45) is 13.3. The Bertz CT molecular complexity index is 1230. The first-order chi connectivity index (χ1) is 19.9. The van der Waals surface area contributed by atoms with Crippen molar-refractivity contribution < 1.29 is 1.43 Å². The van der Waals surface area contributed by atoms with Crippen molar-refractivity contribution in [3.63, 3.8) is 0 Å². The number of fused-ring (bicyclic) bond motifs is 1. The first kappa shape index (κ1) is 32.5. The van der Waals surface area contributed by atoms with Crippen LogP contribution in [0, 0.1) is 18.8 Å². The van der Waals surface area contributed by atoms with Crippen LogP contribution in [-0.2, 0) is 6.42 Å². The molecular formula is C36H55N5. The van der Waals surface area contributed by atoms with Gasteiger partial charge >= 0.3 is 0 Å². The van der Waals surface area contributed by atoms with Gasteiger partial charge in [-0.2, -0.15) is 0 Å². The number of anilines is 1. The van der Waals surface area contributed by atoms with E-state index in [-0.39, 0.29) is 1.43 Å². The predicted molar refractivity (Wildman–Crippen MR) is 180 cm³/mol. The molecule has 2 aromatic carbocycles. The zero-order chi connectivity index (χ0) is 29.5. The molecule has 0 saturated heterocycles. The Labute approximate surface area is 251 Å². The lowest BCUT2D eigenvalue weighted by Crippen LogP contribution is -2.28. The van der Waals surface area contributed by atoms with Crippen LogP contribution in [0.5, 0.6) is 0 Å². The molecule has 1 aliphatic rings. The van der Waals surface area contributed by atoms with Crippen LogP contribution in [0.3, 0.4) is 0 Å². The van der Waals surface area contributed by atoms with E-state index in [2.05, 4.69) is 86.5 Å². The molecule has 1 aliphatic carbocycles. The largest absolute Gasteiger partial charge is 0.362 e. The Hall–Kier alpha value is -3.05. The quantitative estimate of drug-likeness (QED) is 0.227. The normalized spacial score (nSPS) is 17.7. The summed E-state index contributed by atoms with van der Waals surface area (Å²) in [7, 11) is 5.99. The zero-order valence-corrected chi connectivity index (χ0v) is 26.5. The van der Waals surface area contributed by atoms with Gasteiger partial charge in [0.15, 0.2) is 0 Å². The maximum Gasteiger partial charge on any atom is 0.139 e. The van der Waals surface area contributed by atoms with Crippen molar-refractivity contribution in [3.8, 4) is 0 Å². The molecule has 1 heterocycles. The van der Waals surface area contributed by atoms with Gasteiger partial charge in [-0.15, -0.1) is 0 Å². The number of allylic oxidation sites excluding steroid dienone is 1. The maximum absolute atomic E-state index is 4.87. The highest BCUT2D eigenvalue weighted by molar-refractivity contribution is 5.89. The van der Waals surface area contributed by atoms with Crippen molar-refractivity contribution in [3.05, 3.63) is 77.1 Å². The second kappa shape index (κ2) is 17.7. The summed E-state index contributed by atoms with van der Waals surface area (Å²) in [5, 5.41) is 4.85. The molecule has 5 nitrogen and oxygen atoms in total. The number of aromatic nitrogens is 2. The van der Waals surface area contributed by atoms with E-state index >= 15 is 0 Å². The van der Waals surface area contributed by atoms with Gasteiger partial charge in [0.1, 0.15) is 11.6 Å². The Kier molecular flexibility index (Phi) is 14.0. The van der Waals surface area contributed by atoms with Crippen LogP contribution in [0.2, 0.25) is 0 Å². The Balaban J connectivity index is 0.000000674. The van der Waals surface area contributed by atoms with E-state index in [0.717, 1.165) is 60.3 Å². The van der Waals surface area contributed by atoms with Crippen molar-refractivity contribution in [1.29, 1.82) is 0 Å². The van der Waals surface area contributed by atoms with Crippen LogP contribution >= 0.6 is 0 Å². The van der Waals surface area contributed by atoms with Gasteiger partial charge in [0.05, 0.1) is 5.52 Å². The fraction of sp³-hybridized carbons (Fsp3) is 0.528. The number of nitrogens with zero attached hydrogens (tertiary/aromatic N) is 4. The molecule has 0 amide bonds. The van der Waals surface area contributed by atoms with Gasteiger partial charge in [0, 0.05) is 47.1 Å². The molecule has 3 aromatic rings. The summed E-state index contributed by atoms with van der Waals surface area (Å²) in [6.45, 7) is 8.65. The highest BCUT2D eigenvalue weighted by atomic mass is 15.1. The van der Waals surface area contributed by atoms with E-state index in [0.29, 0.717) is 0 Å². The van der Waals surface area contributed by atoms with Crippen molar-refractivity contribution in [2.75, 3.05) is 39.1 Å². The lowest BCUT2D eigenvalue weighted by molar-refractivity contribution is 0.255. The predicted octanol–water partition coefficient (Wildman–Crippen LogP) is 8.47. The average molecular weight is 558 g/mol. The summed E-state index contributed by atoms with van der Waals surface area (Å²) >= 11 is 0. The minimum absolute atomic E-state index is 0. The third kappa shape index (κ3) is 11.0. The molecule has 224 valence electrons. The van der Waals surface area contributed by atoms with Crippen molar-refractivity contribution in [1.82, 2.24) is 15.3 Å². The standard InChI is InChI=1S/C29H45N5.C7H8.H2/c1-6-10-22(2)25(20-30-3)21-31-19-24-17-15-23(16-18-24)11-9-14-28-32-27-13-8-7-12-26(27)29(33-28)34(4)5;1-7-5-3-2-4-6-7;/h7-8,12-13,20,23-24,31H,6,9-11,14-19,21H2,1-5H3;2-6H,1H3;1H/b25-22-,30-20?;;. The van der Waals surface area contributed by atoms with Gasteiger partial charge < -0.3 is 10.2 Å². The Morgan fingerprint density at radius 3 is 2.32 bits per heavy atom. The number of para-hydroxylation sites is 1.